The van der Waals surface area contributed by atoms with Crippen molar-refractivity contribution in [3.8, 4) is 0 Å². The zero-order chi connectivity index (χ0) is 20.9. The summed E-state index contributed by atoms with van der Waals surface area (Å²) < 4.78 is 1.61. The first-order valence-corrected chi connectivity index (χ1v) is 9.61. The third kappa shape index (κ3) is 4.20. The lowest BCUT2D eigenvalue weighted by molar-refractivity contribution is -0.128. The van der Waals surface area contributed by atoms with Crippen LogP contribution in [0.4, 0.5) is 0 Å². The van der Waals surface area contributed by atoms with Gasteiger partial charge in [-0.15, -0.1) is 0 Å². The van der Waals surface area contributed by atoms with Gasteiger partial charge in [0.25, 0.3) is 0 Å². The molecule has 30 heavy (non-hydrogen) atoms. The van der Waals surface area contributed by atoms with Crippen molar-refractivity contribution in [1.82, 2.24) is 20.6 Å². The maximum Gasteiger partial charge on any atom is 0.242 e. The van der Waals surface area contributed by atoms with Crippen LogP contribution >= 0.6 is 0 Å². The van der Waals surface area contributed by atoms with Gasteiger partial charge in [-0.05, 0) is 28.5 Å². The Morgan fingerprint density at radius 1 is 0.833 bits per heavy atom. The van der Waals surface area contributed by atoms with E-state index in [9.17, 15) is 14.4 Å². The van der Waals surface area contributed by atoms with Crippen molar-refractivity contribution < 1.29 is 9.59 Å². The van der Waals surface area contributed by atoms with Crippen LogP contribution in [0.5, 0.6) is 0 Å². The molecule has 0 atom stereocenters. The fourth-order valence-electron chi connectivity index (χ4n) is 3.41. The molecule has 2 amide bonds. The minimum Gasteiger partial charge on any atom is -0.287 e. The van der Waals surface area contributed by atoms with Crippen LogP contribution in [0.25, 0.3) is 21.7 Å². The molecule has 0 aliphatic heterocycles. The highest BCUT2D eigenvalue weighted by atomic mass is 16.2. The molecule has 0 bridgehead atoms. The number of benzene rings is 3. The number of hydrazine groups is 1. The average Bonchev–Trinajstić information content (AvgIpc) is 2.78. The van der Waals surface area contributed by atoms with E-state index in [1.165, 1.54) is 6.20 Å². The van der Waals surface area contributed by atoms with Crippen LogP contribution in [0.2, 0.25) is 0 Å². The van der Waals surface area contributed by atoms with E-state index in [4.69, 9.17) is 0 Å². The minimum absolute atomic E-state index is 0.106. The summed E-state index contributed by atoms with van der Waals surface area (Å²) in [5.41, 5.74) is 6.30. The summed E-state index contributed by atoms with van der Waals surface area (Å²) in [5.74, 6) is -0.641. The van der Waals surface area contributed by atoms with Gasteiger partial charge in [-0.25, -0.2) is 0 Å². The number of fused-ring (bicyclic) bond motifs is 2. The van der Waals surface area contributed by atoms with Gasteiger partial charge >= 0.3 is 0 Å². The highest BCUT2D eigenvalue weighted by Crippen LogP contribution is 2.18. The second-order valence-electron chi connectivity index (χ2n) is 6.91. The highest BCUT2D eigenvalue weighted by Gasteiger charge is 2.10. The van der Waals surface area contributed by atoms with E-state index in [2.05, 4.69) is 16.0 Å². The fourth-order valence-corrected chi connectivity index (χ4v) is 3.41. The summed E-state index contributed by atoms with van der Waals surface area (Å²) in [5, 5.41) is 6.72. The lowest BCUT2D eigenvalue weighted by atomic mass is 10.0. The summed E-state index contributed by atoms with van der Waals surface area (Å²) in [6.45, 7) is 0.284. The SMILES string of the molecule is O=C(CCn1ncc(=O)c2ccccc21)NNC(=O)Cc1cccc2ccccc12. The lowest BCUT2D eigenvalue weighted by Gasteiger charge is -2.11. The molecule has 2 N–H and O–H groups in total. The van der Waals surface area contributed by atoms with Gasteiger partial charge in [0, 0.05) is 11.8 Å². The molecule has 7 nitrogen and oxygen atoms in total. The minimum atomic E-state index is -0.342. The van der Waals surface area contributed by atoms with Gasteiger partial charge < -0.3 is 0 Å². The van der Waals surface area contributed by atoms with Crippen molar-refractivity contribution in [2.45, 2.75) is 19.4 Å². The molecular weight excluding hydrogens is 380 g/mol. The molecule has 0 saturated heterocycles. The molecule has 0 spiro atoms. The smallest absolute Gasteiger partial charge is 0.242 e. The maximum absolute atomic E-state index is 12.3. The maximum atomic E-state index is 12.3. The van der Waals surface area contributed by atoms with Crippen LogP contribution in [-0.2, 0) is 22.6 Å². The van der Waals surface area contributed by atoms with Crippen LogP contribution in [-0.4, -0.2) is 21.6 Å². The normalized spacial score (nSPS) is 10.8. The number of amides is 2. The molecule has 7 heteroatoms. The Balaban J connectivity index is 1.33. The number of para-hydroxylation sites is 1. The van der Waals surface area contributed by atoms with Crippen molar-refractivity contribution in [3.05, 3.63) is 88.7 Å². The topological polar surface area (TPSA) is 93.1 Å². The zero-order valence-corrected chi connectivity index (χ0v) is 16.2. The number of carbonyl (C=O) groups excluding carboxylic acids is 2. The van der Waals surface area contributed by atoms with Crippen LogP contribution in [0.3, 0.4) is 0 Å². The van der Waals surface area contributed by atoms with Gasteiger partial charge in [0.15, 0.2) is 0 Å². The molecule has 0 unspecified atom stereocenters. The fraction of sp³-hybridized carbons (Fsp3) is 0.130. The van der Waals surface area contributed by atoms with Crippen LogP contribution in [0, 0.1) is 0 Å². The number of rotatable bonds is 5. The number of aryl methyl sites for hydroxylation is 1. The highest BCUT2D eigenvalue weighted by molar-refractivity contribution is 5.91. The Labute approximate surface area is 172 Å². The number of nitrogens with one attached hydrogen (secondary N) is 2. The monoisotopic (exact) mass is 400 g/mol. The molecule has 1 aromatic heterocycles. The number of aromatic nitrogens is 2. The van der Waals surface area contributed by atoms with Crippen molar-refractivity contribution in [1.29, 1.82) is 0 Å². The Morgan fingerprint density at radius 3 is 2.40 bits per heavy atom. The Morgan fingerprint density at radius 2 is 1.53 bits per heavy atom. The number of hydrogen-bond acceptors (Lipinski definition) is 4. The standard InChI is InChI=1S/C23H20N4O3/c28-21-15-24-27(20-11-4-3-10-19(20)21)13-12-22(29)25-26-23(30)14-17-8-5-7-16-6-1-2-9-18(16)17/h1-11,15H,12-14H2,(H,25,29)(H,26,30). The largest absolute Gasteiger partial charge is 0.287 e. The van der Waals surface area contributed by atoms with Crippen LogP contribution < -0.4 is 16.3 Å². The van der Waals surface area contributed by atoms with Gasteiger partial charge in [0.2, 0.25) is 17.2 Å². The van der Waals surface area contributed by atoms with E-state index in [1.807, 2.05) is 48.5 Å². The second-order valence-corrected chi connectivity index (χ2v) is 6.91. The Kier molecular flexibility index (Phi) is 5.52. The van der Waals surface area contributed by atoms with Gasteiger partial charge in [-0.2, -0.15) is 5.10 Å². The third-order valence-electron chi connectivity index (χ3n) is 4.88. The van der Waals surface area contributed by atoms with E-state index < -0.39 is 0 Å². The van der Waals surface area contributed by atoms with E-state index in [0.717, 1.165) is 16.3 Å². The summed E-state index contributed by atoms with van der Waals surface area (Å²) in [6.07, 6.45) is 1.51. The van der Waals surface area contributed by atoms with E-state index in [1.54, 1.807) is 22.9 Å². The van der Waals surface area contributed by atoms with Crippen LogP contribution in [0.15, 0.2) is 77.7 Å². The molecule has 0 radical (unpaired) electrons. The second kappa shape index (κ2) is 8.57. The molecular formula is C23H20N4O3. The Bertz CT molecular complexity index is 1290. The van der Waals surface area contributed by atoms with E-state index >= 15 is 0 Å². The van der Waals surface area contributed by atoms with E-state index in [0.29, 0.717) is 10.9 Å². The summed E-state index contributed by atoms with van der Waals surface area (Å²) in [7, 11) is 0. The molecule has 150 valence electrons. The van der Waals surface area contributed by atoms with Gasteiger partial charge in [0.1, 0.15) is 0 Å². The molecule has 0 aliphatic rings. The third-order valence-corrected chi connectivity index (χ3v) is 4.88. The number of hydrogen-bond donors (Lipinski definition) is 2. The van der Waals surface area contributed by atoms with Crippen LogP contribution in [0.1, 0.15) is 12.0 Å². The quantitative estimate of drug-likeness (QED) is 0.503. The lowest BCUT2D eigenvalue weighted by Crippen LogP contribution is -2.42. The molecule has 3 aromatic carbocycles. The summed E-state index contributed by atoms with van der Waals surface area (Å²) in [6, 6.07) is 20.8. The first-order chi connectivity index (χ1) is 14.6. The zero-order valence-electron chi connectivity index (χ0n) is 16.2. The molecule has 0 saturated carbocycles. The summed E-state index contributed by atoms with van der Waals surface area (Å²) >= 11 is 0. The van der Waals surface area contributed by atoms with Gasteiger partial charge in [-0.1, -0.05) is 54.6 Å². The summed E-state index contributed by atoms with van der Waals surface area (Å²) in [4.78, 5) is 36.3. The van der Waals surface area contributed by atoms with Gasteiger partial charge in [0.05, 0.1) is 24.7 Å². The van der Waals surface area contributed by atoms with Crippen molar-refractivity contribution in [3.63, 3.8) is 0 Å². The number of nitrogens with zero attached hydrogens (tertiary/aromatic N) is 2. The Hall–Kier alpha value is -4.00. The molecule has 4 rings (SSSR count). The molecule has 1 heterocycles. The number of carbonyl (C=O) groups is 2. The predicted octanol–water partition coefficient (Wildman–Crippen LogP) is 2.33. The predicted molar refractivity (Wildman–Crippen MR) is 115 cm³/mol. The van der Waals surface area contributed by atoms with Gasteiger partial charge in [-0.3, -0.25) is 29.9 Å². The first-order valence-electron chi connectivity index (χ1n) is 9.61. The molecule has 0 aliphatic carbocycles. The van der Waals surface area contributed by atoms with Crippen molar-refractivity contribution >= 4 is 33.5 Å². The van der Waals surface area contributed by atoms with Crippen molar-refractivity contribution in [2.24, 2.45) is 0 Å². The molecule has 0 fully saturated rings. The average molecular weight is 400 g/mol. The van der Waals surface area contributed by atoms with E-state index in [-0.39, 0.29) is 36.6 Å². The first kappa shape index (κ1) is 19.3. The van der Waals surface area contributed by atoms with Crippen molar-refractivity contribution in [2.75, 3.05) is 0 Å². The molecule has 4 aromatic rings.